The molecule has 0 radical (unpaired) electrons. The molecule has 20 heavy (non-hydrogen) atoms. The number of alkyl halides is 3. The van der Waals surface area contributed by atoms with Crippen molar-refractivity contribution in [1.82, 2.24) is 4.90 Å². The molecule has 1 N–H and O–H groups in total. The van der Waals surface area contributed by atoms with E-state index in [-0.39, 0.29) is 34.7 Å². The highest BCUT2D eigenvalue weighted by Crippen LogP contribution is 2.39. The molecule has 1 atom stereocenters. The van der Waals surface area contributed by atoms with E-state index in [1.54, 1.807) is 6.07 Å². The molecule has 0 bridgehead atoms. The number of carbonyl (C=O) groups excluding carboxylic acids is 1. The van der Waals surface area contributed by atoms with Crippen LogP contribution in [0.5, 0.6) is 0 Å². The Balaban J connectivity index is 2.18. The summed E-state index contributed by atoms with van der Waals surface area (Å²) in [5, 5.41) is 9.05. The maximum absolute atomic E-state index is 12.5. The number of likely N-dealkylation sites (tertiary alicyclic amines) is 1. The second-order valence-electron chi connectivity index (χ2n) is 4.63. The number of benzene rings is 1. The van der Waals surface area contributed by atoms with E-state index in [2.05, 4.69) is 0 Å². The van der Waals surface area contributed by atoms with Crippen LogP contribution in [0.25, 0.3) is 0 Å². The van der Waals surface area contributed by atoms with Crippen LogP contribution in [0.3, 0.4) is 0 Å². The number of carbonyl (C=O) groups is 1. The molecular weight excluding hydrogens is 291 g/mol. The second-order valence-corrected chi connectivity index (χ2v) is 5.74. The Bertz CT molecular complexity index is 493. The van der Waals surface area contributed by atoms with E-state index in [1.165, 1.54) is 23.1 Å². The van der Waals surface area contributed by atoms with Gasteiger partial charge >= 0.3 is 5.51 Å². The van der Waals surface area contributed by atoms with Crippen molar-refractivity contribution < 1.29 is 23.1 Å². The highest BCUT2D eigenvalue weighted by atomic mass is 32.2. The lowest BCUT2D eigenvalue weighted by Crippen LogP contribution is -2.29. The molecule has 1 aromatic rings. The Morgan fingerprint density at radius 3 is 2.70 bits per heavy atom. The van der Waals surface area contributed by atoms with Gasteiger partial charge in [-0.1, -0.05) is 12.1 Å². The van der Waals surface area contributed by atoms with Gasteiger partial charge in [0, 0.05) is 30.5 Å². The topological polar surface area (TPSA) is 40.5 Å². The molecule has 1 fully saturated rings. The Morgan fingerprint density at radius 1 is 1.40 bits per heavy atom. The second kappa shape index (κ2) is 6.05. The van der Waals surface area contributed by atoms with Crippen LogP contribution in [0.4, 0.5) is 13.2 Å². The first kappa shape index (κ1) is 15.2. The van der Waals surface area contributed by atoms with E-state index >= 15 is 0 Å². The summed E-state index contributed by atoms with van der Waals surface area (Å²) in [5.41, 5.74) is -4.36. The number of amides is 1. The first-order chi connectivity index (χ1) is 9.40. The van der Waals surface area contributed by atoms with Crippen molar-refractivity contribution >= 4 is 17.7 Å². The highest BCUT2D eigenvalue weighted by Gasteiger charge is 2.33. The third-order valence-corrected chi connectivity index (χ3v) is 3.98. The number of halogens is 3. The molecule has 0 spiro atoms. The van der Waals surface area contributed by atoms with Gasteiger partial charge in [0.25, 0.3) is 5.91 Å². The van der Waals surface area contributed by atoms with Crippen LogP contribution in [-0.2, 0) is 0 Å². The van der Waals surface area contributed by atoms with Gasteiger partial charge in [-0.15, -0.1) is 0 Å². The molecule has 1 heterocycles. The van der Waals surface area contributed by atoms with Crippen molar-refractivity contribution in [2.45, 2.75) is 16.8 Å². The summed E-state index contributed by atoms with van der Waals surface area (Å²) < 4.78 is 37.5. The van der Waals surface area contributed by atoms with Gasteiger partial charge in [-0.05, 0) is 30.3 Å². The minimum Gasteiger partial charge on any atom is -0.396 e. The average Bonchev–Trinajstić information content (AvgIpc) is 2.85. The first-order valence-corrected chi connectivity index (χ1v) is 6.97. The quantitative estimate of drug-likeness (QED) is 0.873. The van der Waals surface area contributed by atoms with Gasteiger partial charge in [-0.2, -0.15) is 13.2 Å². The summed E-state index contributed by atoms with van der Waals surface area (Å²) in [6, 6.07) is 5.73. The summed E-state index contributed by atoms with van der Waals surface area (Å²) in [6.07, 6.45) is 0.677. The predicted molar refractivity (Wildman–Crippen MR) is 69.5 cm³/mol. The highest BCUT2D eigenvalue weighted by molar-refractivity contribution is 8.00. The zero-order valence-electron chi connectivity index (χ0n) is 10.6. The van der Waals surface area contributed by atoms with Crippen LogP contribution >= 0.6 is 11.8 Å². The SMILES string of the molecule is O=C(c1ccccc1SC(F)(F)F)N1CCC(CO)C1. The molecule has 1 aliphatic heterocycles. The Labute approximate surface area is 118 Å². The van der Waals surface area contributed by atoms with Gasteiger partial charge in [0.1, 0.15) is 0 Å². The zero-order valence-corrected chi connectivity index (χ0v) is 11.4. The molecule has 0 saturated carbocycles. The smallest absolute Gasteiger partial charge is 0.396 e. The maximum Gasteiger partial charge on any atom is 0.446 e. The predicted octanol–water partition coefficient (Wildman–Crippen LogP) is 2.75. The number of aliphatic hydroxyl groups is 1. The molecule has 0 aliphatic carbocycles. The number of aliphatic hydroxyl groups excluding tert-OH is 1. The zero-order chi connectivity index (χ0) is 14.8. The van der Waals surface area contributed by atoms with Crippen molar-refractivity contribution in [2.24, 2.45) is 5.92 Å². The molecule has 1 unspecified atom stereocenters. The fourth-order valence-electron chi connectivity index (χ4n) is 2.19. The van der Waals surface area contributed by atoms with Gasteiger partial charge in [0.05, 0.1) is 5.56 Å². The van der Waals surface area contributed by atoms with E-state index in [1.807, 2.05) is 0 Å². The van der Waals surface area contributed by atoms with Crippen LogP contribution in [0.2, 0.25) is 0 Å². The third kappa shape index (κ3) is 3.67. The van der Waals surface area contributed by atoms with Crippen LogP contribution in [0, 0.1) is 5.92 Å². The molecule has 3 nitrogen and oxygen atoms in total. The lowest BCUT2D eigenvalue weighted by molar-refractivity contribution is -0.0328. The lowest BCUT2D eigenvalue weighted by Gasteiger charge is -2.18. The van der Waals surface area contributed by atoms with Gasteiger partial charge in [0.15, 0.2) is 0 Å². The fraction of sp³-hybridized carbons (Fsp3) is 0.462. The molecule has 7 heteroatoms. The largest absolute Gasteiger partial charge is 0.446 e. The average molecular weight is 305 g/mol. The summed E-state index contributed by atoms with van der Waals surface area (Å²) in [7, 11) is 0. The van der Waals surface area contributed by atoms with Gasteiger partial charge < -0.3 is 10.0 Å². The molecule has 1 saturated heterocycles. The number of rotatable bonds is 3. The summed E-state index contributed by atoms with van der Waals surface area (Å²) in [5.74, 6) is -0.394. The minimum atomic E-state index is -4.42. The summed E-state index contributed by atoms with van der Waals surface area (Å²) in [6.45, 7) is 0.845. The summed E-state index contributed by atoms with van der Waals surface area (Å²) in [4.78, 5) is 13.7. The van der Waals surface area contributed by atoms with E-state index in [0.717, 1.165) is 0 Å². The van der Waals surface area contributed by atoms with E-state index in [9.17, 15) is 18.0 Å². The molecule has 1 aromatic carbocycles. The van der Waals surface area contributed by atoms with Gasteiger partial charge in [0.2, 0.25) is 0 Å². The number of hydrogen-bond acceptors (Lipinski definition) is 3. The summed E-state index contributed by atoms with van der Waals surface area (Å²) >= 11 is -0.276. The van der Waals surface area contributed by atoms with Gasteiger partial charge in [-0.25, -0.2) is 0 Å². The standard InChI is InChI=1S/C13H14F3NO2S/c14-13(15,16)20-11-4-2-1-3-10(11)12(19)17-6-5-9(7-17)8-18/h1-4,9,18H,5-8H2. The van der Waals surface area contributed by atoms with Crippen molar-refractivity contribution in [2.75, 3.05) is 19.7 Å². The maximum atomic E-state index is 12.5. The van der Waals surface area contributed by atoms with Crippen LogP contribution in [0.1, 0.15) is 16.8 Å². The minimum absolute atomic E-state index is 0.0112. The van der Waals surface area contributed by atoms with Gasteiger partial charge in [-0.3, -0.25) is 4.79 Å². The molecule has 2 rings (SSSR count). The number of nitrogens with zero attached hydrogens (tertiary/aromatic N) is 1. The Morgan fingerprint density at radius 2 is 2.10 bits per heavy atom. The monoisotopic (exact) mass is 305 g/mol. The molecule has 1 amide bonds. The van der Waals surface area contributed by atoms with E-state index in [0.29, 0.717) is 19.5 Å². The number of hydrogen-bond donors (Lipinski definition) is 1. The van der Waals surface area contributed by atoms with Crippen LogP contribution < -0.4 is 0 Å². The van der Waals surface area contributed by atoms with Crippen molar-refractivity contribution in [3.8, 4) is 0 Å². The fourth-order valence-corrected chi connectivity index (χ4v) is 2.85. The Kier molecular flexibility index (Phi) is 4.59. The third-order valence-electron chi connectivity index (χ3n) is 3.17. The molecule has 110 valence electrons. The normalized spacial score (nSPS) is 19.4. The Hall–Kier alpha value is -1.21. The lowest BCUT2D eigenvalue weighted by atomic mass is 10.1. The van der Waals surface area contributed by atoms with Crippen molar-refractivity contribution in [3.05, 3.63) is 29.8 Å². The van der Waals surface area contributed by atoms with Crippen molar-refractivity contribution in [1.29, 1.82) is 0 Å². The molecule has 1 aliphatic rings. The van der Waals surface area contributed by atoms with Crippen molar-refractivity contribution in [3.63, 3.8) is 0 Å². The molecular formula is C13H14F3NO2S. The van der Waals surface area contributed by atoms with Crippen LogP contribution in [-0.4, -0.2) is 41.1 Å². The van der Waals surface area contributed by atoms with E-state index in [4.69, 9.17) is 5.11 Å². The molecule has 0 aromatic heterocycles. The number of thioether (sulfide) groups is 1. The first-order valence-electron chi connectivity index (χ1n) is 6.15. The van der Waals surface area contributed by atoms with E-state index < -0.39 is 11.4 Å². The van der Waals surface area contributed by atoms with Crippen LogP contribution in [0.15, 0.2) is 29.2 Å².